The van der Waals surface area contributed by atoms with Crippen LogP contribution in [0.1, 0.15) is 37.0 Å². The van der Waals surface area contributed by atoms with Crippen LogP contribution in [-0.4, -0.2) is 18.5 Å². The van der Waals surface area contributed by atoms with Gasteiger partial charge in [-0.1, -0.05) is 0 Å². The van der Waals surface area contributed by atoms with Gasteiger partial charge in [0.25, 0.3) is 0 Å². The monoisotopic (exact) mass is 220 g/mol. The fourth-order valence-electron chi connectivity index (χ4n) is 1.41. The van der Waals surface area contributed by atoms with Crippen molar-refractivity contribution in [2.45, 2.75) is 38.9 Å². The zero-order valence-corrected chi connectivity index (χ0v) is 9.60. The normalized spacial score (nSPS) is 14.9. The summed E-state index contributed by atoms with van der Waals surface area (Å²) >= 11 is 0. The Morgan fingerprint density at radius 3 is 2.62 bits per heavy atom. The van der Waals surface area contributed by atoms with E-state index < -0.39 is 0 Å². The minimum Gasteiger partial charge on any atom is -0.487 e. The highest BCUT2D eigenvalue weighted by atomic mass is 16.5. The molecule has 3 heteroatoms. The summed E-state index contributed by atoms with van der Waals surface area (Å²) in [7, 11) is 0. The van der Waals surface area contributed by atoms with Gasteiger partial charge in [-0.05, 0) is 44.9 Å². The molecule has 16 heavy (non-hydrogen) atoms. The van der Waals surface area contributed by atoms with Crippen LogP contribution in [0.3, 0.4) is 0 Å². The van der Waals surface area contributed by atoms with Crippen molar-refractivity contribution >= 4 is 6.29 Å². The minimum atomic E-state index is 0.101. The number of rotatable bonds is 5. The van der Waals surface area contributed by atoms with Gasteiger partial charge in [0.15, 0.2) is 11.5 Å². The maximum atomic E-state index is 10.7. The molecule has 1 aromatic carbocycles. The minimum absolute atomic E-state index is 0.101. The first-order valence-electron chi connectivity index (χ1n) is 5.61. The van der Waals surface area contributed by atoms with Crippen LogP contribution in [0.5, 0.6) is 11.5 Å². The Balaban J connectivity index is 2.22. The van der Waals surface area contributed by atoms with Crippen LogP contribution in [0.2, 0.25) is 0 Å². The predicted octanol–water partition coefficient (Wildman–Crippen LogP) is 2.83. The first kappa shape index (κ1) is 11.0. The number of ether oxygens (including phenoxy) is 2. The number of aldehydes is 1. The average Bonchev–Trinajstić information content (AvgIpc) is 3.04. The fraction of sp³-hybridized carbons (Fsp3) is 0.462. The van der Waals surface area contributed by atoms with E-state index in [0.29, 0.717) is 23.2 Å². The quantitative estimate of drug-likeness (QED) is 0.716. The Hall–Kier alpha value is -1.51. The van der Waals surface area contributed by atoms with Crippen molar-refractivity contribution < 1.29 is 14.3 Å². The van der Waals surface area contributed by atoms with E-state index in [-0.39, 0.29) is 6.10 Å². The molecule has 0 aliphatic heterocycles. The first-order valence-corrected chi connectivity index (χ1v) is 5.61. The van der Waals surface area contributed by atoms with Crippen LogP contribution < -0.4 is 9.47 Å². The molecule has 1 saturated carbocycles. The van der Waals surface area contributed by atoms with E-state index in [0.717, 1.165) is 19.1 Å². The predicted molar refractivity (Wildman–Crippen MR) is 61.2 cm³/mol. The van der Waals surface area contributed by atoms with Crippen molar-refractivity contribution in [3.05, 3.63) is 23.8 Å². The fourth-order valence-corrected chi connectivity index (χ4v) is 1.41. The third-order valence-corrected chi connectivity index (χ3v) is 2.28. The molecule has 1 aliphatic rings. The van der Waals surface area contributed by atoms with Crippen LogP contribution in [0.25, 0.3) is 0 Å². The highest BCUT2D eigenvalue weighted by Gasteiger charge is 2.25. The average molecular weight is 220 g/mol. The van der Waals surface area contributed by atoms with Gasteiger partial charge in [0, 0.05) is 5.56 Å². The number of carbonyl (C=O) groups is 1. The molecular weight excluding hydrogens is 204 g/mol. The molecule has 0 aromatic heterocycles. The van der Waals surface area contributed by atoms with E-state index in [9.17, 15) is 4.79 Å². The van der Waals surface area contributed by atoms with Crippen LogP contribution in [0.15, 0.2) is 18.2 Å². The molecule has 0 N–H and O–H groups in total. The lowest BCUT2D eigenvalue weighted by molar-refractivity contribution is 0.112. The molecular formula is C13H16O3. The molecule has 1 aliphatic carbocycles. The SMILES string of the molecule is CC(C)Oc1ccc(C=O)cc1OC1CC1. The van der Waals surface area contributed by atoms with Gasteiger partial charge in [0.05, 0.1) is 12.2 Å². The summed E-state index contributed by atoms with van der Waals surface area (Å²) < 4.78 is 11.3. The smallest absolute Gasteiger partial charge is 0.162 e. The molecule has 3 nitrogen and oxygen atoms in total. The van der Waals surface area contributed by atoms with E-state index in [1.165, 1.54) is 0 Å². The highest BCUT2D eigenvalue weighted by molar-refractivity contribution is 5.76. The number of hydrogen-bond donors (Lipinski definition) is 0. The molecule has 0 atom stereocenters. The van der Waals surface area contributed by atoms with Gasteiger partial charge in [-0.15, -0.1) is 0 Å². The van der Waals surface area contributed by atoms with Crippen molar-refractivity contribution in [3.8, 4) is 11.5 Å². The van der Waals surface area contributed by atoms with Gasteiger partial charge in [-0.3, -0.25) is 4.79 Å². The Labute approximate surface area is 95.4 Å². The Morgan fingerprint density at radius 1 is 1.31 bits per heavy atom. The van der Waals surface area contributed by atoms with Gasteiger partial charge in [0.2, 0.25) is 0 Å². The molecule has 0 bridgehead atoms. The first-order chi connectivity index (χ1) is 7.69. The molecule has 1 aromatic rings. The topological polar surface area (TPSA) is 35.5 Å². The second-order valence-corrected chi connectivity index (χ2v) is 4.31. The summed E-state index contributed by atoms with van der Waals surface area (Å²) in [5.41, 5.74) is 0.617. The van der Waals surface area contributed by atoms with Crippen molar-refractivity contribution in [2.75, 3.05) is 0 Å². The third-order valence-electron chi connectivity index (χ3n) is 2.28. The van der Waals surface area contributed by atoms with Gasteiger partial charge in [-0.2, -0.15) is 0 Å². The lowest BCUT2D eigenvalue weighted by Crippen LogP contribution is -2.08. The molecule has 0 amide bonds. The molecule has 0 heterocycles. The summed E-state index contributed by atoms with van der Waals surface area (Å²) in [6, 6.07) is 5.27. The van der Waals surface area contributed by atoms with Gasteiger partial charge in [0.1, 0.15) is 6.29 Å². The zero-order chi connectivity index (χ0) is 11.5. The second-order valence-electron chi connectivity index (χ2n) is 4.31. The molecule has 0 unspecified atom stereocenters. The largest absolute Gasteiger partial charge is 0.487 e. The number of hydrogen-bond acceptors (Lipinski definition) is 3. The number of benzene rings is 1. The van der Waals surface area contributed by atoms with Crippen molar-refractivity contribution in [3.63, 3.8) is 0 Å². The maximum Gasteiger partial charge on any atom is 0.162 e. The van der Waals surface area contributed by atoms with Gasteiger partial charge in [-0.25, -0.2) is 0 Å². The third kappa shape index (κ3) is 2.75. The maximum absolute atomic E-state index is 10.7. The van der Waals surface area contributed by atoms with E-state index in [1.807, 2.05) is 13.8 Å². The Bertz CT molecular complexity index is 381. The molecule has 1 fully saturated rings. The molecule has 0 radical (unpaired) electrons. The van der Waals surface area contributed by atoms with Gasteiger partial charge >= 0.3 is 0 Å². The van der Waals surface area contributed by atoms with Gasteiger partial charge < -0.3 is 9.47 Å². The van der Waals surface area contributed by atoms with Crippen molar-refractivity contribution in [2.24, 2.45) is 0 Å². The molecule has 0 spiro atoms. The van der Waals surface area contributed by atoms with Crippen LogP contribution in [0.4, 0.5) is 0 Å². The lowest BCUT2D eigenvalue weighted by Gasteiger charge is -2.15. The Kier molecular flexibility index (Phi) is 3.13. The van der Waals surface area contributed by atoms with E-state index in [1.54, 1.807) is 18.2 Å². The summed E-state index contributed by atoms with van der Waals surface area (Å²) in [4.78, 5) is 10.7. The standard InChI is InChI=1S/C13H16O3/c1-9(2)15-12-6-3-10(8-14)7-13(12)16-11-4-5-11/h3,6-9,11H,4-5H2,1-2H3. The van der Waals surface area contributed by atoms with Crippen LogP contribution in [-0.2, 0) is 0 Å². The summed E-state index contributed by atoms with van der Waals surface area (Å²) in [5.74, 6) is 1.40. The lowest BCUT2D eigenvalue weighted by atomic mass is 10.2. The molecule has 86 valence electrons. The van der Waals surface area contributed by atoms with Crippen molar-refractivity contribution in [1.29, 1.82) is 0 Å². The number of carbonyl (C=O) groups excluding carboxylic acids is 1. The van der Waals surface area contributed by atoms with Crippen molar-refractivity contribution in [1.82, 2.24) is 0 Å². The summed E-state index contributed by atoms with van der Waals surface area (Å²) in [6.45, 7) is 3.93. The molecule has 2 rings (SSSR count). The summed E-state index contributed by atoms with van der Waals surface area (Å²) in [6.07, 6.45) is 3.40. The summed E-state index contributed by atoms with van der Waals surface area (Å²) in [5, 5.41) is 0. The van der Waals surface area contributed by atoms with Crippen LogP contribution >= 0.6 is 0 Å². The highest BCUT2D eigenvalue weighted by Crippen LogP contribution is 2.34. The Morgan fingerprint density at radius 2 is 2.06 bits per heavy atom. The van der Waals surface area contributed by atoms with E-state index in [2.05, 4.69) is 0 Å². The van der Waals surface area contributed by atoms with E-state index in [4.69, 9.17) is 9.47 Å². The zero-order valence-electron chi connectivity index (χ0n) is 9.60. The molecule has 0 saturated heterocycles. The second kappa shape index (κ2) is 4.56. The van der Waals surface area contributed by atoms with E-state index >= 15 is 0 Å². The van der Waals surface area contributed by atoms with Crippen LogP contribution in [0, 0.1) is 0 Å².